The molecule has 3 rings (SSSR count). The van der Waals surface area contributed by atoms with Gasteiger partial charge in [0.25, 0.3) is 10.0 Å². The molecule has 2 heterocycles. The van der Waals surface area contributed by atoms with E-state index in [1.807, 2.05) is 24.3 Å². The zero-order valence-electron chi connectivity index (χ0n) is 12.6. The van der Waals surface area contributed by atoms with Gasteiger partial charge in [-0.05, 0) is 25.0 Å². The second-order valence-electron chi connectivity index (χ2n) is 5.34. The van der Waals surface area contributed by atoms with Crippen LogP contribution in [0.1, 0.15) is 12.8 Å². The maximum Gasteiger partial charge on any atom is 0.261 e. The third-order valence-electron chi connectivity index (χ3n) is 3.91. The maximum atomic E-state index is 12.7. The summed E-state index contributed by atoms with van der Waals surface area (Å²) in [6, 6.07) is 7.67. The summed E-state index contributed by atoms with van der Waals surface area (Å²) in [7, 11) is -1.85. The Hall–Kier alpha value is -0.800. The molecule has 5 nitrogen and oxygen atoms in total. The molecule has 1 aliphatic rings. The smallest absolute Gasteiger partial charge is 0.261 e. The van der Waals surface area contributed by atoms with E-state index in [2.05, 4.69) is 20.9 Å². The molecule has 124 valence electrons. The molecular weight excluding hydrogens is 400 g/mol. The molecular formula is C15H17BrN2O3S2. The van der Waals surface area contributed by atoms with Crippen LogP contribution in [0.4, 0.5) is 0 Å². The number of hydrogen-bond acceptors (Lipinski definition) is 5. The zero-order chi connectivity index (χ0) is 16.4. The van der Waals surface area contributed by atoms with Crippen molar-refractivity contribution >= 4 is 37.3 Å². The van der Waals surface area contributed by atoms with Gasteiger partial charge in [0.15, 0.2) is 5.03 Å². The number of halogens is 1. The van der Waals surface area contributed by atoms with E-state index in [0.717, 1.165) is 22.9 Å². The largest absolute Gasteiger partial charge is 0.381 e. The number of aromatic nitrogens is 1. The minimum absolute atomic E-state index is 0.135. The number of piperidine rings is 1. The summed E-state index contributed by atoms with van der Waals surface area (Å²) in [6.07, 6.45) is 1.59. The Labute approximate surface area is 148 Å². The van der Waals surface area contributed by atoms with Gasteiger partial charge in [0.05, 0.1) is 6.10 Å². The Bertz CT molecular complexity index is 766. The first-order valence-corrected chi connectivity index (χ1v) is 10.4. The quantitative estimate of drug-likeness (QED) is 0.766. The number of hydrogen-bond donors (Lipinski definition) is 0. The van der Waals surface area contributed by atoms with E-state index in [0.29, 0.717) is 18.1 Å². The minimum atomic E-state index is -3.52. The molecule has 0 amide bonds. The molecule has 1 aromatic carbocycles. The van der Waals surface area contributed by atoms with Crippen molar-refractivity contribution in [1.29, 1.82) is 0 Å². The molecule has 8 heteroatoms. The molecule has 0 saturated carbocycles. The first-order chi connectivity index (χ1) is 11.0. The number of benzene rings is 1. The Morgan fingerprint density at radius 1 is 1.26 bits per heavy atom. The zero-order valence-corrected chi connectivity index (χ0v) is 15.8. The van der Waals surface area contributed by atoms with E-state index in [9.17, 15) is 8.42 Å². The van der Waals surface area contributed by atoms with Crippen LogP contribution in [0.15, 0.2) is 39.1 Å². The highest BCUT2D eigenvalue weighted by atomic mass is 79.9. The topological polar surface area (TPSA) is 59.5 Å². The van der Waals surface area contributed by atoms with Gasteiger partial charge in [-0.1, -0.05) is 28.1 Å². The monoisotopic (exact) mass is 416 g/mol. The second kappa shape index (κ2) is 6.98. The molecule has 0 bridgehead atoms. The Balaban J connectivity index is 1.80. The standard InChI is InChI=1S/C15H17BrN2O3S2/c1-21-13-6-8-18(9-7-13)23(19,20)14-10-22-15(17-14)11-2-4-12(16)5-3-11/h2-5,10,13H,6-9H2,1H3. The first kappa shape index (κ1) is 17.0. The van der Waals surface area contributed by atoms with Gasteiger partial charge in [-0.3, -0.25) is 0 Å². The fourth-order valence-corrected chi connectivity index (χ4v) is 5.35. The van der Waals surface area contributed by atoms with Crippen molar-refractivity contribution in [3.8, 4) is 10.6 Å². The van der Waals surface area contributed by atoms with Gasteiger partial charge in [-0.15, -0.1) is 11.3 Å². The van der Waals surface area contributed by atoms with Gasteiger partial charge in [-0.2, -0.15) is 4.31 Å². The van der Waals surface area contributed by atoms with Crippen molar-refractivity contribution in [2.24, 2.45) is 0 Å². The fourth-order valence-electron chi connectivity index (χ4n) is 2.54. The Kier molecular flexibility index (Phi) is 5.17. The van der Waals surface area contributed by atoms with Gasteiger partial charge in [0.1, 0.15) is 5.01 Å². The molecule has 1 fully saturated rings. The fraction of sp³-hybridized carbons (Fsp3) is 0.400. The van der Waals surface area contributed by atoms with E-state index in [4.69, 9.17) is 4.74 Å². The number of rotatable bonds is 4. The third kappa shape index (κ3) is 3.66. The van der Waals surface area contributed by atoms with E-state index < -0.39 is 10.0 Å². The van der Waals surface area contributed by atoms with Crippen LogP contribution in [-0.4, -0.2) is 44.0 Å². The highest BCUT2D eigenvalue weighted by Gasteiger charge is 2.31. The minimum Gasteiger partial charge on any atom is -0.381 e. The van der Waals surface area contributed by atoms with E-state index in [1.165, 1.54) is 15.6 Å². The Morgan fingerprint density at radius 2 is 1.91 bits per heavy atom. The normalized spacial score (nSPS) is 17.5. The number of thiazole rings is 1. The van der Waals surface area contributed by atoms with Gasteiger partial charge < -0.3 is 4.74 Å². The summed E-state index contributed by atoms with van der Waals surface area (Å²) in [5.74, 6) is 0. The molecule has 1 saturated heterocycles. The molecule has 0 unspecified atom stereocenters. The molecule has 0 spiro atoms. The predicted octanol–water partition coefficient (Wildman–Crippen LogP) is 3.37. The average Bonchev–Trinajstić information content (AvgIpc) is 3.06. The molecule has 1 aliphatic heterocycles. The lowest BCUT2D eigenvalue weighted by molar-refractivity contribution is 0.0604. The van der Waals surface area contributed by atoms with E-state index >= 15 is 0 Å². The molecule has 2 aromatic rings. The van der Waals surface area contributed by atoms with Gasteiger partial charge in [-0.25, -0.2) is 13.4 Å². The van der Waals surface area contributed by atoms with Crippen molar-refractivity contribution in [1.82, 2.24) is 9.29 Å². The number of methoxy groups -OCH3 is 1. The number of sulfonamides is 1. The summed E-state index contributed by atoms with van der Waals surface area (Å²) in [6.45, 7) is 0.956. The molecule has 0 N–H and O–H groups in total. The van der Waals surface area contributed by atoms with Gasteiger partial charge in [0.2, 0.25) is 0 Å². The van der Waals surface area contributed by atoms with Crippen molar-refractivity contribution in [3.05, 3.63) is 34.1 Å². The highest BCUT2D eigenvalue weighted by molar-refractivity contribution is 9.10. The third-order valence-corrected chi connectivity index (χ3v) is 7.26. The SMILES string of the molecule is COC1CCN(S(=O)(=O)c2csc(-c3ccc(Br)cc3)n2)CC1. The van der Waals surface area contributed by atoms with Crippen LogP contribution < -0.4 is 0 Å². The summed E-state index contributed by atoms with van der Waals surface area (Å²) in [5.41, 5.74) is 0.915. The van der Waals surface area contributed by atoms with Crippen molar-refractivity contribution in [2.45, 2.75) is 24.0 Å². The van der Waals surface area contributed by atoms with Crippen LogP contribution in [0.2, 0.25) is 0 Å². The summed E-state index contributed by atoms with van der Waals surface area (Å²) >= 11 is 4.74. The number of nitrogens with zero attached hydrogens (tertiary/aromatic N) is 2. The van der Waals surface area contributed by atoms with Crippen LogP contribution in [0.3, 0.4) is 0 Å². The summed E-state index contributed by atoms with van der Waals surface area (Å²) in [4.78, 5) is 4.34. The van der Waals surface area contributed by atoms with Crippen LogP contribution in [-0.2, 0) is 14.8 Å². The van der Waals surface area contributed by atoms with Crippen LogP contribution in [0.5, 0.6) is 0 Å². The lowest BCUT2D eigenvalue weighted by Crippen LogP contribution is -2.40. The van der Waals surface area contributed by atoms with Crippen LogP contribution in [0.25, 0.3) is 10.6 Å². The summed E-state index contributed by atoms with van der Waals surface area (Å²) < 4.78 is 33.2. The summed E-state index contributed by atoms with van der Waals surface area (Å²) in [5, 5.41) is 2.47. The van der Waals surface area contributed by atoms with Crippen LogP contribution >= 0.6 is 27.3 Å². The van der Waals surface area contributed by atoms with E-state index in [1.54, 1.807) is 12.5 Å². The van der Waals surface area contributed by atoms with Gasteiger partial charge in [0, 0.05) is 35.6 Å². The van der Waals surface area contributed by atoms with Gasteiger partial charge >= 0.3 is 0 Å². The first-order valence-electron chi connectivity index (χ1n) is 7.25. The second-order valence-corrected chi connectivity index (χ2v) is 9.00. The molecule has 23 heavy (non-hydrogen) atoms. The molecule has 1 aromatic heterocycles. The lowest BCUT2D eigenvalue weighted by atomic mass is 10.1. The van der Waals surface area contributed by atoms with Crippen LogP contribution in [0, 0.1) is 0 Å². The highest BCUT2D eigenvalue weighted by Crippen LogP contribution is 2.29. The van der Waals surface area contributed by atoms with Crippen molar-refractivity contribution in [2.75, 3.05) is 20.2 Å². The molecule has 0 atom stereocenters. The maximum absolute atomic E-state index is 12.7. The average molecular weight is 417 g/mol. The number of ether oxygens (including phenoxy) is 1. The molecule has 0 aliphatic carbocycles. The van der Waals surface area contributed by atoms with E-state index in [-0.39, 0.29) is 11.1 Å². The molecule has 0 radical (unpaired) electrons. The van der Waals surface area contributed by atoms with Crippen molar-refractivity contribution in [3.63, 3.8) is 0 Å². The Morgan fingerprint density at radius 3 is 2.52 bits per heavy atom. The lowest BCUT2D eigenvalue weighted by Gasteiger charge is -2.29. The predicted molar refractivity (Wildman–Crippen MR) is 94.0 cm³/mol. The van der Waals surface area contributed by atoms with Crippen molar-refractivity contribution < 1.29 is 13.2 Å².